The lowest BCUT2D eigenvalue weighted by Crippen LogP contribution is -2.53. The second-order valence-electron chi connectivity index (χ2n) is 10.3. The van der Waals surface area contributed by atoms with Gasteiger partial charge in [0.2, 0.25) is 11.8 Å². The number of likely N-dealkylation sites (N-methyl/N-ethyl adjacent to an activating group) is 1. The topological polar surface area (TPSA) is 96.0 Å². The Morgan fingerprint density at radius 3 is 2.20 bits per heavy atom. The summed E-state index contributed by atoms with van der Waals surface area (Å²) in [6.45, 7) is 3.31. The fourth-order valence-electron chi connectivity index (χ4n) is 4.76. The summed E-state index contributed by atoms with van der Waals surface area (Å²) in [5.41, 5.74) is 2.50. The summed E-state index contributed by atoms with van der Waals surface area (Å²) in [5, 5.41) is 2.82. The van der Waals surface area contributed by atoms with Crippen molar-refractivity contribution in [3.8, 4) is 5.75 Å². The smallest absolute Gasteiger partial charge is 0.264 e. The van der Waals surface area contributed by atoms with Crippen LogP contribution in [-0.4, -0.2) is 51.4 Å². The molecule has 4 rings (SSSR count). The van der Waals surface area contributed by atoms with E-state index in [9.17, 15) is 22.4 Å². The fraction of sp³-hybridized carbons (Fsp3) is 0.235. The highest BCUT2D eigenvalue weighted by Crippen LogP contribution is 2.28. The number of hydrogen-bond acceptors (Lipinski definition) is 5. The van der Waals surface area contributed by atoms with Gasteiger partial charge in [0.1, 0.15) is 24.2 Å². The molecule has 0 spiro atoms. The molecule has 4 aromatic rings. The first-order valence-electron chi connectivity index (χ1n) is 14.2. The Kier molecular flexibility index (Phi) is 10.7. The number of nitrogens with one attached hydrogen (secondary N) is 1. The van der Waals surface area contributed by atoms with E-state index in [1.807, 2.05) is 37.3 Å². The van der Waals surface area contributed by atoms with Crippen LogP contribution in [0.1, 0.15) is 23.6 Å². The molecule has 0 aliphatic rings. The molecule has 2 amide bonds. The summed E-state index contributed by atoms with van der Waals surface area (Å²) in [5.74, 6) is -1.03. The van der Waals surface area contributed by atoms with Gasteiger partial charge in [-0.1, -0.05) is 66.2 Å². The lowest BCUT2D eigenvalue weighted by atomic mass is 10.0. The van der Waals surface area contributed by atoms with Gasteiger partial charge >= 0.3 is 0 Å². The van der Waals surface area contributed by atoms with Gasteiger partial charge in [-0.2, -0.15) is 0 Å². The first-order valence-corrected chi connectivity index (χ1v) is 15.7. The van der Waals surface area contributed by atoms with E-state index < -0.39 is 34.3 Å². The third-order valence-corrected chi connectivity index (χ3v) is 8.91. The van der Waals surface area contributed by atoms with Gasteiger partial charge in [-0.3, -0.25) is 13.9 Å². The monoisotopic (exact) mass is 617 g/mol. The van der Waals surface area contributed by atoms with Crippen molar-refractivity contribution >= 4 is 27.5 Å². The van der Waals surface area contributed by atoms with E-state index >= 15 is 0 Å². The van der Waals surface area contributed by atoms with E-state index in [0.29, 0.717) is 17.9 Å². The molecule has 1 N–H and O–H groups in total. The molecule has 0 aromatic heterocycles. The molecule has 0 fully saturated rings. The minimum Gasteiger partial charge on any atom is -0.497 e. The second kappa shape index (κ2) is 14.7. The van der Waals surface area contributed by atoms with Crippen LogP contribution >= 0.6 is 0 Å². The molecule has 0 saturated heterocycles. The van der Waals surface area contributed by atoms with Gasteiger partial charge in [0.05, 0.1) is 17.7 Å². The van der Waals surface area contributed by atoms with Crippen LogP contribution in [0, 0.1) is 12.7 Å². The fourth-order valence-corrected chi connectivity index (χ4v) is 6.17. The predicted molar refractivity (Wildman–Crippen MR) is 168 cm³/mol. The molecule has 0 aliphatic heterocycles. The number of anilines is 1. The van der Waals surface area contributed by atoms with Gasteiger partial charge in [0.15, 0.2) is 0 Å². The van der Waals surface area contributed by atoms with Crippen LogP contribution in [0.15, 0.2) is 108 Å². The van der Waals surface area contributed by atoms with Crippen LogP contribution in [0.2, 0.25) is 0 Å². The number of sulfonamides is 1. The summed E-state index contributed by atoms with van der Waals surface area (Å²) in [6.07, 6.45) is 0.184. The number of nitrogens with zero attached hydrogens (tertiary/aromatic N) is 2. The maximum atomic E-state index is 14.4. The Bertz CT molecular complexity index is 1660. The van der Waals surface area contributed by atoms with Gasteiger partial charge in [-0.05, 0) is 61.4 Å². The number of hydrogen-bond donors (Lipinski definition) is 1. The lowest BCUT2D eigenvalue weighted by molar-refractivity contribution is -0.140. The van der Waals surface area contributed by atoms with E-state index in [2.05, 4.69) is 5.32 Å². The zero-order valence-electron chi connectivity index (χ0n) is 24.9. The zero-order chi connectivity index (χ0) is 31.7. The Morgan fingerprint density at radius 1 is 0.886 bits per heavy atom. The van der Waals surface area contributed by atoms with Crippen LogP contribution in [0.3, 0.4) is 0 Å². The normalized spacial score (nSPS) is 11.8. The SMILES string of the molecule is CCNC(=O)[C@H](Cc1ccccc1)N(Cc1ccc(F)cc1)C(=O)CN(c1cccc(OC)c1)S(=O)(=O)c1ccc(C)cc1. The predicted octanol–water partition coefficient (Wildman–Crippen LogP) is 5.11. The summed E-state index contributed by atoms with van der Waals surface area (Å²) < 4.78 is 48.3. The highest BCUT2D eigenvalue weighted by molar-refractivity contribution is 7.92. The second-order valence-corrected chi connectivity index (χ2v) is 12.1. The van der Waals surface area contributed by atoms with E-state index in [4.69, 9.17) is 4.74 Å². The molecule has 230 valence electrons. The lowest BCUT2D eigenvalue weighted by Gasteiger charge is -2.34. The molecule has 0 bridgehead atoms. The maximum Gasteiger partial charge on any atom is 0.264 e. The number of amides is 2. The van der Waals surface area contributed by atoms with Crippen molar-refractivity contribution in [3.05, 3.63) is 126 Å². The molecular weight excluding hydrogens is 581 g/mol. The molecule has 4 aromatic carbocycles. The van der Waals surface area contributed by atoms with Gasteiger partial charge in [-0.15, -0.1) is 0 Å². The van der Waals surface area contributed by atoms with Crippen molar-refractivity contribution in [2.75, 3.05) is 24.5 Å². The summed E-state index contributed by atoms with van der Waals surface area (Å²) in [7, 11) is -2.77. The third-order valence-electron chi connectivity index (χ3n) is 7.12. The molecule has 0 saturated carbocycles. The number of halogens is 1. The Hall–Kier alpha value is -4.70. The largest absolute Gasteiger partial charge is 0.497 e. The van der Waals surface area contributed by atoms with E-state index in [1.54, 1.807) is 37.3 Å². The highest BCUT2D eigenvalue weighted by Gasteiger charge is 2.34. The number of carbonyl (C=O) groups excluding carboxylic acids is 2. The van der Waals surface area contributed by atoms with Crippen molar-refractivity contribution in [1.82, 2.24) is 10.2 Å². The summed E-state index contributed by atoms with van der Waals surface area (Å²) in [6, 6.07) is 26.7. The third kappa shape index (κ3) is 8.02. The van der Waals surface area contributed by atoms with Crippen molar-refractivity contribution in [3.63, 3.8) is 0 Å². The average molecular weight is 618 g/mol. The van der Waals surface area contributed by atoms with Crippen LogP contribution in [0.4, 0.5) is 10.1 Å². The number of carbonyl (C=O) groups is 2. The first-order chi connectivity index (χ1) is 21.1. The van der Waals surface area contributed by atoms with Crippen molar-refractivity contribution in [2.24, 2.45) is 0 Å². The van der Waals surface area contributed by atoms with Crippen LogP contribution in [0.25, 0.3) is 0 Å². The molecule has 0 heterocycles. The van der Waals surface area contributed by atoms with Gasteiger partial charge in [-0.25, -0.2) is 12.8 Å². The molecule has 0 aliphatic carbocycles. The van der Waals surface area contributed by atoms with E-state index in [1.165, 1.54) is 54.5 Å². The molecule has 0 unspecified atom stereocenters. The van der Waals surface area contributed by atoms with Crippen molar-refractivity contribution < 1.29 is 27.1 Å². The minimum absolute atomic E-state index is 0.00775. The van der Waals surface area contributed by atoms with E-state index in [0.717, 1.165) is 15.4 Å². The summed E-state index contributed by atoms with van der Waals surface area (Å²) in [4.78, 5) is 29.2. The van der Waals surface area contributed by atoms with Crippen molar-refractivity contribution in [2.45, 2.75) is 37.8 Å². The van der Waals surface area contributed by atoms with Gasteiger partial charge in [0, 0.05) is 25.6 Å². The van der Waals surface area contributed by atoms with Crippen LogP contribution in [-0.2, 0) is 32.6 Å². The number of ether oxygens (including phenoxy) is 1. The molecular formula is C34H36FN3O5S. The number of rotatable bonds is 13. The van der Waals surface area contributed by atoms with Crippen LogP contribution in [0.5, 0.6) is 5.75 Å². The maximum absolute atomic E-state index is 14.4. The first kappa shape index (κ1) is 32.2. The van der Waals surface area contributed by atoms with Gasteiger partial charge < -0.3 is 15.0 Å². The Morgan fingerprint density at radius 2 is 1.57 bits per heavy atom. The summed E-state index contributed by atoms with van der Waals surface area (Å²) >= 11 is 0. The molecule has 44 heavy (non-hydrogen) atoms. The standard InChI is InChI=1S/C34H36FN3O5S/c1-4-36-34(40)32(21-26-9-6-5-7-10-26)37(23-27-15-17-28(35)18-16-27)33(39)24-38(29-11-8-12-30(22-29)43-3)44(41,42)31-19-13-25(2)14-20-31/h5-20,22,32H,4,21,23-24H2,1-3H3,(H,36,40)/t32-/m0/s1. The number of methoxy groups -OCH3 is 1. The zero-order valence-corrected chi connectivity index (χ0v) is 25.8. The van der Waals surface area contributed by atoms with Crippen LogP contribution < -0.4 is 14.4 Å². The minimum atomic E-state index is -4.24. The number of benzene rings is 4. The average Bonchev–Trinajstić information content (AvgIpc) is 3.03. The van der Waals surface area contributed by atoms with Gasteiger partial charge in [0.25, 0.3) is 10.0 Å². The molecule has 10 heteroatoms. The molecule has 8 nitrogen and oxygen atoms in total. The molecule has 0 radical (unpaired) electrons. The Labute approximate surface area is 258 Å². The number of aryl methyl sites for hydroxylation is 1. The molecule has 1 atom stereocenters. The van der Waals surface area contributed by atoms with E-state index in [-0.39, 0.29) is 29.5 Å². The quantitative estimate of drug-likeness (QED) is 0.225. The Balaban J connectivity index is 1.80. The van der Waals surface area contributed by atoms with Crippen molar-refractivity contribution in [1.29, 1.82) is 0 Å². The highest BCUT2D eigenvalue weighted by atomic mass is 32.2.